The lowest BCUT2D eigenvalue weighted by atomic mass is 9.92. The lowest BCUT2D eigenvalue weighted by Crippen LogP contribution is -1.95. The van der Waals surface area contributed by atoms with Crippen LogP contribution in [0, 0.1) is 11.3 Å². The van der Waals surface area contributed by atoms with Crippen molar-refractivity contribution in [3.63, 3.8) is 0 Å². The van der Waals surface area contributed by atoms with Crippen LogP contribution >= 0.6 is 0 Å². The van der Waals surface area contributed by atoms with Crippen LogP contribution in [-0.2, 0) is 0 Å². The van der Waals surface area contributed by atoms with Crippen molar-refractivity contribution in [1.29, 1.82) is 5.26 Å². The number of rotatable bonds is 5. The molecule has 0 fully saturated rings. The van der Waals surface area contributed by atoms with Crippen molar-refractivity contribution < 1.29 is 0 Å². The third-order valence-electron chi connectivity index (χ3n) is 2.34. The fourth-order valence-corrected chi connectivity index (χ4v) is 1.58. The molecule has 1 aromatic rings. The van der Waals surface area contributed by atoms with E-state index in [0.29, 0.717) is 5.92 Å². The van der Waals surface area contributed by atoms with Crippen LogP contribution in [-0.4, -0.2) is 0 Å². The van der Waals surface area contributed by atoms with Crippen LogP contribution in [0.3, 0.4) is 0 Å². The lowest BCUT2D eigenvalue weighted by molar-refractivity contribution is 0.713. The van der Waals surface area contributed by atoms with E-state index >= 15 is 0 Å². The predicted octanol–water partition coefficient (Wildman–Crippen LogP) is 3.82. The van der Waals surface area contributed by atoms with Crippen LogP contribution in [0.4, 0.5) is 0 Å². The molecule has 0 aliphatic carbocycles. The van der Waals surface area contributed by atoms with Crippen molar-refractivity contribution >= 4 is 0 Å². The Bertz CT molecular complexity index is 357. The maximum atomic E-state index is 8.42. The highest BCUT2D eigenvalue weighted by Gasteiger charge is 2.06. The molecule has 0 heterocycles. The Kier molecular flexibility index (Phi) is 4.97. The third kappa shape index (κ3) is 3.83. The van der Waals surface area contributed by atoms with Gasteiger partial charge in [0.25, 0.3) is 0 Å². The summed E-state index contributed by atoms with van der Waals surface area (Å²) in [4.78, 5) is 0. The minimum absolute atomic E-state index is 0.438. The quantitative estimate of drug-likeness (QED) is 0.520. The zero-order valence-corrected chi connectivity index (χ0v) is 8.76. The average molecular weight is 197 g/mol. The van der Waals surface area contributed by atoms with E-state index in [0.717, 1.165) is 12.8 Å². The summed E-state index contributed by atoms with van der Waals surface area (Å²) in [5.74, 6) is 0.438. The van der Waals surface area contributed by atoms with Crippen LogP contribution in [0.25, 0.3) is 0 Å². The number of nitriles is 1. The molecule has 1 nitrogen and oxygen atoms in total. The molecule has 0 saturated heterocycles. The maximum Gasteiger partial charge on any atom is 0.0908 e. The summed E-state index contributed by atoms with van der Waals surface area (Å²) < 4.78 is 0. The molecular weight excluding hydrogens is 182 g/mol. The van der Waals surface area contributed by atoms with E-state index in [-0.39, 0.29) is 0 Å². The topological polar surface area (TPSA) is 23.8 Å². The first-order valence-electron chi connectivity index (χ1n) is 5.09. The zero-order valence-electron chi connectivity index (χ0n) is 8.76. The first-order chi connectivity index (χ1) is 7.38. The van der Waals surface area contributed by atoms with Crippen LogP contribution in [0.5, 0.6) is 0 Å². The molecule has 0 aliphatic heterocycles. The SMILES string of the molecule is C=CCC(C/C=C/C#N)c1ccccc1. The second kappa shape index (κ2) is 6.62. The summed E-state index contributed by atoms with van der Waals surface area (Å²) in [7, 11) is 0. The summed E-state index contributed by atoms with van der Waals surface area (Å²) in [6.45, 7) is 3.77. The van der Waals surface area contributed by atoms with Gasteiger partial charge in [0, 0.05) is 6.08 Å². The van der Waals surface area contributed by atoms with Crippen molar-refractivity contribution in [3.8, 4) is 6.07 Å². The summed E-state index contributed by atoms with van der Waals surface area (Å²) in [6.07, 6.45) is 7.22. The summed E-state index contributed by atoms with van der Waals surface area (Å²) >= 11 is 0. The molecule has 0 radical (unpaired) electrons. The van der Waals surface area contributed by atoms with E-state index in [4.69, 9.17) is 5.26 Å². The number of nitrogens with zero attached hydrogens (tertiary/aromatic N) is 1. The second-order valence-electron chi connectivity index (χ2n) is 3.40. The Labute approximate surface area is 91.4 Å². The number of allylic oxidation sites excluding steroid dienone is 3. The van der Waals surface area contributed by atoms with Gasteiger partial charge in [-0.15, -0.1) is 6.58 Å². The normalized spacial score (nSPS) is 12.2. The Morgan fingerprint density at radius 2 is 2.00 bits per heavy atom. The van der Waals surface area contributed by atoms with Crippen LogP contribution in [0.1, 0.15) is 24.3 Å². The molecular formula is C14H15N. The Balaban J connectivity index is 2.70. The van der Waals surface area contributed by atoms with Gasteiger partial charge >= 0.3 is 0 Å². The van der Waals surface area contributed by atoms with Gasteiger partial charge in [-0.3, -0.25) is 0 Å². The largest absolute Gasteiger partial charge is 0.193 e. The van der Waals surface area contributed by atoms with Gasteiger partial charge in [-0.2, -0.15) is 5.26 Å². The first kappa shape index (κ1) is 11.3. The Morgan fingerprint density at radius 1 is 1.27 bits per heavy atom. The molecule has 0 amide bonds. The van der Waals surface area contributed by atoms with Gasteiger partial charge in [-0.05, 0) is 24.3 Å². The van der Waals surface area contributed by atoms with E-state index in [1.807, 2.05) is 36.4 Å². The average Bonchev–Trinajstić information content (AvgIpc) is 2.29. The van der Waals surface area contributed by atoms with Gasteiger partial charge in [-0.25, -0.2) is 0 Å². The van der Waals surface area contributed by atoms with Crippen molar-refractivity contribution in [3.05, 3.63) is 60.7 Å². The van der Waals surface area contributed by atoms with Crippen molar-refractivity contribution in [2.24, 2.45) is 0 Å². The molecule has 0 saturated carbocycles. The molecule has 1 atom stereocenters. The molecule has 0 spiro atoms. The number of hydrogen-bond acceptors (Lipinski definition) is 1. The van der Waals surface area contributed by atoms with Crippen molar-refractivity contribution in [2.75, 3.05) is 0 Å². The maximum absolute atomic E-state index is 8.42. The smallest absolute Gasteiger partial charge is 0.0908 e. The molecule has 0 N–H and O–H groups in total. The number of hydrogen-bond donors (Lipinski definition) is 0. The third-order valence-corrected chi connectivity index (χ3v) is 2.34. The van der Waals surface area contributed by atoms with Crippen LogP contribution in [0.15, 0.2) is 55.1 Å². The summed E-state index contributed by atoms with van der Waals surface area (Å²) in [6, 6.07) is 12.3. The van der Waals surface area contributed by atoms with Crippen molar-refractivity contribution in [1.82, 2.24) is 0 Å². The van der Waals surface area contributed by atoms with Gasteiger partial charge in [-0.1, -0.05) is 42.5 Å². The van der Waals surface area contributed by atoms with E-state index in [1.165, 1.54) is 5.56 Å². The molecule has 0 bridgehead atoms. The van der Waals surface area contributed by atoms with Gasteiger partial charge < -0.3 is 0 Å². The molecule has 15 heavy (non-hydrogen) atoms. The van der Waals surface area contributed by atoms with E-state index in [2.05, 4.69) is 18.7 Å². The van der Waals surface area contributed by atoms with Crippen LogP contribution in [0.2, 0.25) is 0 Å². The fraction of sp³-hybridized carbons (Fsp3) is 0.214. The molecule has 1 aromatic carbocycles. The lowest BCUT2D eigenvalue weighted by Gasteiger charge is -2.12. The molecule has 0 aromatic heterocycles. The van der Waals surface area contributed by atoms with E-state index < -0.39 is 0 Å². The minimum atomic E-state index is 0.438. The van der Waals surface area contributed by atoms with Crippen LogP contribution < -0.4 is 0 Å². The highest BCUT2D eigenvalue weighted by atomic mass is 14.2. The highest BCUT2D eigenvalue weighted by Crippen LogP contribution is 2.23. The molecule has 1 unspecified atom stereocenters. The Morgan fingerprint density at radius 3 is 2.60 bits per heavy atom. The van der Waals surface area contributed by atoms with Gasteiger partial charge in [0.2, 0.25) is 0 Å². The molecule has 76 valence electrons. The molecule has 0 aliphatic rings. The monoisotopic (exact) mass is 197 g/mol. The molecule has 1 heteroatoms. The summed E-state index contributed by atoms with van der Waals surface area (Å²) in [5, 5.41) is 8.42. The van der Waals surface area contributed by atoms with E-state index in [9.17, 15) is 0 Å². The van der Waals surface area contributed by atoms with Crippen molar-refractivity contribution in [2.45, 2.75) is 18.8 Å². The zero-order chi connectivity index (χ0) is 10.9. The van der Waals surface area contributed by atoms with Gasteiger partial charge in [0.15, 0.2) is 0 Å². The summed E-state index contributed by atoms with van der Waals surface area (Å²) in [5.41, 5.74) is 1.31. The Hall–Kier alpha value is -1.81. The predicted molar refractivity (Wildman–Crippen MR) is 63.4 cm³/mol. The van der Waals surface area contributed by atoms with E-state index in [1.54, 1.807) is 6.08 Å². The molecule has 1 rings (SSSR count). The standard InChI is InChI=1S/C14H15N/c1-2-8-13(11-6-7-12-15)14-9-4-3-5-10-14/h2-7,9-10,13H,1,8,11H2/b7-6+. The van der Waals surface area contributed by atoms with Gasteiger partial charge in [0.05, 0.1) is 6.07 Å². The minimum Gasteiger partial charge on any atom is -0.193 e. The second-order valence-corrected chi connectivity index (χ2v) is 3.40. The first-order valence-corrected chi connectivity index (χ1v) is 5.09. The fourth-order valence-electron chi connectivity index (χ4n) is 1.58. The van der Waals surface area contributed by atoms with Gasteiger partial charge in [0.1, 0.15) is 0 Å². The highest BCUT2D eigenvalue weighted by molar-refractivity contribution is 5.21. The number of benzene rings is 1.